The summed E-state index contributed by atoms with van der Waals surface area (Å²) in [5.41, 5.74) is 1.04. The lowest BCUT2D eigenvalue weighted by Gasteiger charge is -2.30. The molecule has 0 saturated heterocycles. The second-order valence-electron chi connectivity index (χ2n) is 8.07. The third kappa shape index (κ3) is 5.23. The second kappa shape index (κ2) is 9.06. The van der Waals surface area contributed by atoms with Crippen LogP contribution in [0, 0.1) is 16.7 Å². The van der Waals surface area contributed by atoms with E-state index < -0.39 is 0 Å². The van der Waals surface area contributed by atoms with Crippen LogP contribution >= 0.6 is 24.0 Å². The predicted octanol–water partition coefficient (Wildman–Crippen LogP) is 3.95. The van der Waals surface area contributed by atoms with Crippen LogP contribution in [0.5, 0.6) is 0 Å². The summed E-state index contributed by atoms with van der Waals surface area (Å²) in [5, 5.41) is 7.23. The van der Waals surface area contributed by atoms with Crippen molar-refractivity contribution in [2.75, 3.05) is 33.4 Å². The minimum atomic E-state index is 0. The van der Waals surface area contributed by atoms with Crippen molar-refractivity contribution in [2.24, 2.45) is 21.7 Å². The van der Waals surface area contributed by atoms with Gasteiger partial charge in [0.1, 0.15) is 0 Å². The topological polar surface area (TPSA) is 45.6 Å². The lowest BCUT2D eigenvalue weighted by atomic mass is 9.83. The summed E-state index contributed by atoms with van der Waals surface area (Å²) in [7, 11) is 1.90. The van der Waals surface area contributed by atoms with Gasteiger partial charge < -0.3 is 15.4 Å². The van der Waals surface area contributed by atoms with Gasteiger partial charge >= 0.3 is 0 Å². The van der Waals surface area contributed by atoms with Gasteiger partial charge in [-0.3, -0.25) is 4.99 Å². The Morgan fingerprint density at radius 3 is 2.29 bits per heavy atom. The number of halogens is 1. The average molecular weight is 449 g/mol. The van der Waals surface area contributed by atoms with E-state index >= 15 is 0 Å². The van der Waals surface area contributed by atoms with Gasteiger partial charge in [-0.25, -0.2) is 0 Å². The number of ether oxygens (including phenoxy) is 1. The second-order valence-corrected chi connectivity index (χ2v) is 8.07. The van der Waals surface area contributed by atoms with Crippen molar-refractivity contribution in [3.05, 3.63) is 0 Å². The van der Waals surface area contributed by atoms with Gasteiger partial charge in [-0.1, -0.05) is 12.8 Å². The van der Waals surface area contributed by atoms with Crippen molar-refractivity contribution < 1.29 is 4.74 Å². The van der Waals surface area contributed by atoms with Crippen molar-refractivity contribution >= 4 is 29.9 Å². The first kappa shape index (κ1) is 20.3. The zero-order valence-corrected chi connectivity index (χ0v) is 17.9. The molecule has 3 aliphatic carbocycles. The van der Waals surface area contributed by atoms with Crippen LogP contribution in [0.3, 0.4) is 0 Å². The molecule has 0 aromatic carbocycles. The molecule has 0 aliphatic heterocycles. The van der Waals surface area contributed by atoms with E-state index in [2.05, 4.69) is 22.5 Å². The van der Waals surface area contributed by atoms with Gasteiger partial charge in [0.2, 0.25) is 0 Å². The smallest absolute Gasteiger partial charge is 0.191 e. The maximum atomic E-state index is 5.61. The fourth-order valence-electron chi connectivity index (χ4n) is 4.41. The first-order valence-corrected chi connectivity index (χ1v) is 9.74. The molecule has 0 amide bonds. The molecule has 5 heteroatoms. The van der Waals surface area contributed by atoms with Crippen LogP contribution in [0.15, 0.2) is 4.99 Å². The van der Waals surface area contributed by atoms with E-state index in [1.807, 2.05) is 7.05 Å². The molecule has 140 valence electrons. The Bertz CT molecular complexity index is 413. The van der Waals surface area contributed by atoms with E-state index in [-0.39, 0.29) is 24.0 Å². The van der Waals surface area contributed by atoms with Crippen molar-refractivity contribution in [3.63, 3.8) is 0 Å². The van der Waals surface area contributed by atoms with Crippen LogP contribution in [-0.4, -0.2) is 39.3 Å². The highest BCUT2D eigenvalue weighted by molar-refractivity contribution is 14.0. The molecule has 0 aromatic heterocycles. The number of rotatable bonds is 9. The lowest BCUT2D eigenvalue weighted by Crippen LogP contribution is -2.45. The van der Waals surface area contributed by atoms with E-state index in [1.54, 1.807) is 0 Å². The highest BCUT2D eigenvalue weighted by Crippen LogP contribution is 2.60. The summed E-state index contributed by atoms with van der Waals surface area (Å²) >= 11 is 0. The quantitative estimate of drug-likeness (QED) is 0.243. The van der Waals surface area contributed by atoms with E-state index in [0.29, 0.717) is 10.8 Å². The first-order valence-electron chi connectivity index (χ1n) is 9.74. The average Bonchev–Trinajstić information content (AvgIpc) is 3.47. The lowest BCUT2D eigenvalue weighted by molar-refractivity contribution is 0.105. The van der Waals surface area contributed by atoms with Gasteiger partial charge in [0.05, 0.1) is 0 Å². The molecule has 2 N–H and O–H groups in total. The van der Waals surface area contributed by atoms with Crippen LogP contribution in [0.2, 0.25) is 0 Å². The van der Waals surface area contributed by atoms with Gasteiger partial charge in [0.15, 0.2) is 5.96 Å². The Labute approximate surface area is 165 Å². The maximum Gasteiger partial charge on any atom is 0.191 e. The molecule has 0 bridgehead atoms. The minimum absolute atomic E-state index is 0. The molecule has 0 spiro atoms. The summed E-state index contributed by atoms with van der Waals surface area (Å²) in [6.07, 6.45) is 12.3. The molecule has 0 aromatic rings. The summed E-state index contributed by atoms with van der Waals surface area (Å²) in [6.45, 7) is 5.96. The number of hydrogen-bond donors (Lipinski definition) is 2. The molecule has 3 fully saturated rings. The zero-order chi connectivity index (χ0) is 16.2. The Morgan fingerprint density at radius 2 is 1.75 bits per heavy atom. The molecule has 3 rings (SSSR count). The van der Waals surface area contributed by atoms with E-state index in [0.717, 1.165) is 38.2 Å². The molecule has 4 nitrogen and oxygen atoms in total. The fourth-order valence-corrected chi connectivity index (χ4v) is 4.41. The van der Waals surface area contributed by atoms with Crippen LogP contribution in [0.1, 0.15) is 64.7 Å². The minimum Gasteiger partial charge on any atom is -0.382 e. The van der Waals surface area contributed by atoms with Crippen molar-refractivity contribution in [1.29, 1.82) is 0 Å². The summed E-state index contributed by atoms with van der Waals surface area (Å²) in [5.74, 6) is 2.00. The highest BCUT2D eigenvalue weighted by atomic mass is 127. The third-order valence-electron chi connectivity index (χ3n) is 6.44. The summed E-state index contributed by atoms with van der Waals surface area (Å²) in [4.78, 5) is 4.45. The molecule has 24 heavy (non-hydrogen) atoms. The summed E-state index contributed by atoms with van der Waals surface area (Å²) in [6, 6.07) is 0. The standard InChI is InChI=1S/C19H35N3O.HI/c1-3-23-13-12-18(8-4-5-9-18)14-21-17(20-2)22-15-19(10-11-19)16-6-7-16;/h16H,3-15H2,1-2H3,(H2,20,21,22);1H. The fraction of sp³-hybridized carbons (Fsp3) is 0.947. The number of nitrogens with zero attached hydrogens (tertiary/aromatic N) is 1. The Hall–Kier alpha value is -0.0400. The van der Waals surface area contributed by atoms with E-state index in [9.17, 15) is 0 Å². The van der Waals surface area contributed by atoms with Crippen LogP contribution in [-0.2, 0) is 4.74 Å². The normalized spacial score (nSPS) is 24.3. The van der Waals surface area contributed by atoms with Gasteiger partial charge in [-0.2, -0.15) is 0 Å². The van der Waals surface area contributed by atoms with E-state index in [1.165, 1.54) is 57.8 Å². The van der Waals surface area contributed by atoms with Gasteiger partial charge in [-0.05, 0) is 68.6 Å². The molecule has 0 atom stereocenters. The van der Waals surface area contributed by atoms with Gasteiger partial charge in [-0.15, -0.1) is 24.0 Å². The molecule has 3 aliphatic rings. The van der Waals surface area contributed by atoms with Crippen molar-refractivity contribution in [1.82, 2.24) is 10.6 Å². The molecular weight excluding hydrogens is 413 g/mol. The van der Waals surface area contributed by atoms with Crippen LogP contribution in [0.4, 0.5) is 0 Å². The SMILES string of the molecule is CCOCCC1(CNC(=NC)NCC2(C3CC3)CC2)CCCC1.I. The Balaban J connectivity index is 0.00000208. The zero-order valence-electron chi connectivity index (χ0n) is 15.5. The van der Waals surface area contributed by atoms with Gasteiger partial charge in [0, 0.05) is 33.4 Å². The number of guanidine groups is 1. The van der Waals surface area contributed by atoms with Gasteiger partial charge in [0.25, 0.3) is 0 Å². The molecule has 0 radical (unpaired) electrons. The number of hydrogen-bond acceptors (Lipinski definition) is 2. The largest absolute Gasteiger partial charge is 0.382 e. The Kier molecular flexibility index (Phi) is 7.65. The Morgan fingerprint density at radius 1 is 1.08 bits per heavy atom. The molecule has 3 saturated carbocycles. The van der Waals surface area contributed by atoms with E-state index in [4.69, 9.17) is 4.74 Å². The maximum absolute atomic E-state index is 5.61. The molecular formula is C19H36IN3O. The predicted molar refractivity (Wildman–Crippen MR) is 111 cm³/mol. The first-order chi connectivity index (χ1) is 11.2. The van der Waals surface area contributed by atoms with Crippen LogP contribution < -0.4 is 10.6 Å². The molecule has 0 unspecified atom stereocenters. The van der Waals surface area contributed by atoms with Crippen molar-refractivity contribution in [2.45, 2.75) is 64.7 Å². The number of nitrogens with one attached hydrogen (secondary N) is 2. The van der Waals surface area contributed by atoms with Crippen molar-refractivity contribution in [3.8, 4) is 0 Å². The summed E-state index contributed by atoms with van der Waals surface area (Å²) < 4.78 is 5.61. The monoisotopic (exact) mass is 449 g/mol. The molecule has 0 heterocycles. The number of aliphatic imine (C=N–C) groups is 1. The van der Waals surface area contributed by atoms with Crippen LogP contribution in [0.25, 0.3) is 0 Å². The highest BCUT2D eigenvalue weighted by Gasteiger charge is 2.53. The third-order valence-corrected chi connectivity index (χ3v) is 6.44.